The van der Waals surface area contributed by atoms with Crippen molar-refractivity contribution in [3.8, 4) is 0 Å². The van der Waals surface area contributed by atoms with Gasteiger partial charge in [-0.1, -0.05) is 13.8 Å². The fourth-order valence-electron chi connectivity index (χ4n) is 2.37. The average Bonchev–Trinajstić information content (AvgIpc) is 2.76. The zero-order chi connectivity index (χ0) is 13.3. The summed E-state index contributed by atoms with van der Waals surface area (Å²) < 4.78 is 0. The van der Waals surface area contributed by atoms with Gasteiger partial charge >= 0.3 is 0 Å². The van der Waals surface area contributed by atoms with E-state index in [-0.39, 0.29) is 5.91 Å². The highest BCUT2D eigenvalue weighted by molar-refractivity contribution is 5.80. The number of allylic oxidation sites excluding steroid dienone is 1. The lowest BCUT2D eigenvalue weighted by molar-refractivity contribution is -0.120. The Morgan fingerprint density at radius 2 is 2.06 bits per heavy atom. The Hall–Kier alpha value is -1.64. The van der Waals surface area contributed by atoms with Crippen LogP contribution in [0.4, 0.5) is 0 Å². The summed E-state index contributed by atoms with van der Waals surface area (Å²) in [7, 11) is 0. The van der Waals surface area contributed by atoms with Gasteiger partial charge in [0.15, 0.2) is 0 Å². The average molecular weight is 244 g/mol. The highest BCUT2D eigenvalue weighted by atomic mass is 16.1. The Labute approximate surface area is 108 Å². The van der Waals surface area contributed by atoms with Gasteiger partial charge in [0.25, 0.3) is 0 Å². The lowest BCUT2D eigenvalue weighted by Gasteiger charge is -2.10. The summed E-state index contributed by atoms with van der Waals surface area (Å²) >= 11 is 0. The fourth-order valence-corrected chi connectivity index (χ4v) is 2.37. The van der Waals surface area contributed by atoms with Crippen molar-refractivity contribution in [2.45, 2.75) is 47.0 Å². The lowest BCUT2D eigenvalue weighted by atomic mass is 10.0. The van der Waals surface area contributed by atoms with Crippen LogP contribution in [0.15, 0.2) is 5.70 Å². The van der Waals surface area contributed by atoms with Crippen LogP contribution < -0.4 is 5.32 Å². The zero-order valence-corrected chi connectivity index (χ0v) is 11.6. The van der Waals surface area contributed by atoms with E-state index in [0.717, 1.165) is 24.2 Å². The molecule has 0 fully saturated rings. The molecular weight excluding hydrogens is 224 g/mol. The van der Waals surface area contributed by atoms with Gasteiger partial charge in [-0.3, -0.25) is 9.78 Å². The van der Waals surface area contributed by atoms with Gasteiger partial charge in [0.1, 0.15) is 0 Å². The molecule has 0 saturated heterocycles. The minimum atomic E-state index is 0.0687. The first-order valence-corrected chi connectivity index (χ1v) is 6.56. The number of amides is 1. The number of carbonyl (C=O) groups is 1. The van der Waals surface area contributed by atoms with Gasteiger partial charge in [-0.15, -0.1) is 0 Å². The number of pyridine rings is 1. The molecule has 1 amide bonds. The number of rotatable bonds is 3. The second-order valence-electron chi connectivity index (χ2n) is 4.77. The number of hydrogen-bond acceptors (Lipinski definition) is 2. The summed E-state index contributed by atoms with van der Waals surface area (Å²) in [6.45, 7) is 8.25. The first-order valence-electron chi connectivity index (χ1n) is 6.56. The number of hydrogen-bond donors (Lipinski definition) is 1. The molecule has 1 aliphatic carbocycles. The molecule has 1 aromatic heterocycles. The predicted molar refractivity (Wildman–Crippen MR) is 73.2 cm³/mol. The summed E-state index contributed by atoms with van der Waals surface area (Å²) in [6.07, 6.45) is 4.28. The lowest BCUT2D eigenvalue weighted by Crippen LogP contribution is -2.21. The summed E-state index contributed by atoms with van der Waals surface area (Å²) in [5.74, 6) is 0.0687. The largest absolute Gasteiger partial charge is 0.329 e. The van der Waals surface area contributed by atoms with Crippen molar-refractivity contribution >= 4 is 12.0 Å². The molecular formula is C15H20N2O. The summed E-state index contributed by atoms with van der Waals surface area (Å²) in [5.41, 5.74) is 6.99. The van der Waals surface area contributed by atoms with Gasteiger partial charge in [0.05, 0.1) is 5.69 Å². The molecule has 1 N–H and O–H groups in total. The standard InChI is InChI=1S/C15H20N2O/c1-5-13-10(4)9(3)12-7-11(8-14(12)17-13)16-15(18)6-2/h7H,5-6,8H2,1-4H3,(H,16,18). The van der Waals surface area contributed by atoms with Crippen LogP contribution in [0.3, 0.4) is 0 Å². The van der Waals surface area contributed by atoms with E-state index in [1.54, 1.807) is 0 Å². The third-order valence-corrected chi connectivity index (χ3v) is 3.61. The molecule has 0 bridgehead atoms. The molecule has 1 heterocycles. The van der Waals surface area contributed by atoms with E-state index in [2.05, 4.69) is 32.2 Å². The van der Waals surface area contributed by atoms with E-state index in [1.807, 2.05) is 6.92 Å². The Morgan fingerprint density at radius 1 is 1.33 bits per heavy atom. The molecule has 0 saturated carbocycles. The molecule has 0 aliphatic heterocycles. The third kappa shape index (κ3) is 2.17. The van der Waals surface area contributed by atoms with Gasteiger partial charge in [0, 0.05) is 29.8 Å². The van der Waals surface area contributed by atoms with Crippen LogP contribution in [-0.4, -0.2) is 10.9 Å². The Balaban J connectivity index is 2.33. The maximum Gasteiger partial charge on any atom is 0.223 e. The number of aromatic nitrogens is 1. The fraction of sp³-hybridized carbons (Fsp3) is 0.467. The van der Waals surface area contributed by atoms with Crippen molar-refractivity contribution in [3.05, 3.63) is 33.8 Å². The quantitative estimate of drug-likeness (QED) is 0.888. The van der Waals surface area contributed by atoms with Crippen LogP contribution >= 0.6 is 0 Å². The molecule has 2 rings (SSSR count). The van der Waals surface area contributed by atoms with Crippen molar-refractivity contribution in [1.29, 1.82) is 0 Å². The number of carbonyl (C=O) groups excluding carboxylic acids is 1. The normalized spacial score (nSPS) is 13.2. The molecule has 1 aromatic rings. The molecule has 96 valence electrons. The van der Waals surface area contributed by atoms with E-state index < -0.39 is 0 Å². The second kappa shape index (κ2) is 4.92. The highest BCUT2D eigenvalue weighted by Crippen LogP contribution is 2.28. The molecule has 0 aromatic carbocycles. The Bertz CT molecular complexity index is 530. The Morgan fingerprint density at radius 3 is 2.67 bits per heavy atom. The van der Waals surface area contributed by atoms with Crippen molar-refractivity contribution in [3.63, 3.8) is 0 Å². The summed E-state index contributed by atoms with van der Waals surface area (Å²) in [5, 5.41) is 2.94. The van der Waals surface area contributed by atoms with Crippen LogP contribution in [0.1, 0.15) is 48.3 Å². The second-order valence-corrected chi connectivity index (χ2v) is 4.77. The maximum absolute atomic E-state index is 11.4. The van der Waals surface area contributed by atoms with E-state index in [1.165, 1.54) is 22.4 Å². The van der Waals surface area contributed by atoms with E-state index in [4.69, 9.17) is 4.98 Å². The molecule has 3 heteroatoms. The molecule has 0 radical (unpaired) electrons. The summed E-state index contributed by atoms with van der Waals surface area (Å²) in [4.78, 5) is 16.1. The van der Waals surface area contributed by atoms with E-state index in [9.17, 15) is 4.79 Å². The number of fused-ring (bicyclic) bond motifs is 1. The number of nitrogens with zero attached hydrogens (tertiary/aromatic N) is 1. The zero-order valence-electron chi connectivity index (χ0n) is 11.6. The van der Waals surface area contributed by atoms with Crippen LogP contribution in [0.25, 0.3) is 6.08 Å². The van der Waals surface area contributed by atoms with Crippen LogP contribution in [-0.2, 0) is 17.6 Å². The first-order chi connectivity index (χ1) is 8.56. The molecule has 1 aliphatic rings. The van der Waals surface area contributed by atoms with Gasteiger partial charge in [-0.2, -0.15) is 0 Å². The molecule has 0 atom stereocenters. The minimum Gasteiger partial charge on any atom is -0.329 e. The highest BCUT2D eigenvalue weighted by Gasteiger charge is 2.19. The number of nitrogens with one attached hydrogen (secondary N) is 1. The minimum absolute atomic E-state index is 0.0687. The monoisotopic (exact) mass is 244 g/mol. The van der Waals surface area contributed by atoms with Crippen molar-refractivity contribution < 1.29 is 4.79 Å². The Kier molecular flexibility index (Phi) is 3.50. The van der Waals surface area contributed by atoms with Crippen LogP contribution in [0.5, 0.6) is 0 Å². The van der Waals surface area contributed by atoms with Crippen molar-refractivity contribution in [2.75, 3.05) is 0 Å². The molecule has 18 heavy (non-hydrogen) atoms. The van der Waals surface area contributed by atoms with E-state index in [0.29, 0.717) is 6.42 Å². The molecule has 0 spiro atoms. The van der Waals surface area contributed by atoms with E-state index >= 15 is 0 Å². The summed E-state index contributed by atoms with van der Waals surface area (Å²) in [6, 6.07) is 0. The first kappa shape index (κ1) is 12.8. The van der Waals surface area contributed by atoms with Crippen LogP contribution in [0, 0.1) is 13.8 Å². The third-order valence-electron chi connectivity index (χ3n) is 3.61. The predicted octanol–water partition coefficient (Wildman–Crippen LogP) is 2.68. The van der Waals surface area contributed by atoms with Crippen molar-refractivity contribution in [1.82, 2.24) is 10.3 Å². The topological polar surface area (TPSA) is 42.0 Å². The number of aryl methyl sites for hydroxylation is 1. The smallest absolute Gasteiger partial charge is 0.223 e. The maximum atomic E-state index is 11.4. The molecule has 0 unspecified atom stereocenters. The van der Waals surface area contributed by atoms with Crippen molar-refractivity contribution in [2.24, 2.45) is 0 Å². The SMILES string of the molecule is CCC(=O)NC1=Cc2c(nc(CC)c(C)c2C)C1. The van der Waals surface area contributed by atoms with Crippen LogP contribution in [0.2, 0.25) is 0 Å². The van der Waals surface area contributed by atoms with Gasteiger partial charge in [-0.05, 0) is 37.5 Å². The van der Waals surface area contributed by atoms with Gasteiger partial charge < -0.3 is 5.32 Å². The molecule has 3 nitrogen and oxygen atoms in total. The van der Waals surface area contributed by atoms with Gasteiger partial charge in [-0.25, -0.2) is 0 Å². The van der Waals surface area contributed by atoms with Gasteiger partial charge in [0.2, 0.25) is 5.91 Å².